The first-order valence-electron chi connectivity index (χ1n) is 6.69. The zero-order chi connectivity index (χ0) is 14.8. The molecule has 1 saturated heterocycles. The summed E-state index contributed by atoms with van der Waals surface area (Å²) in [6.45, 7) is 3.96. The Balaban J connectivity index is 0.00000220. The molecule has 120 valence electrons. The fourth-order valence-electron chi connectivity index (χ4n) is 2.46. The largest absolute Gasteiger partial charge is 0.380 e. The number of rotatable bonds is 5. The molecule has 0 radical (unpaired) electrons. The van der Waals surface area contributed by atoms with Gasteiger partial charge in [0, 0.05) is 20.2 Å². The molecule has 0 aromatic heterocycles. The highest BCUT2D eigenvalue weighted by Gasteiger charge is 2.38. The average Bonchev–Trinajstić information content (AvgIpc) is 2.84. The molecule has 1 aliphatic rings. The van der Waals surface area contributed by atoms with Crippen LogP contribution in [-0.2, 0) is 21.4 Å². The second-order valence-corrected chi connectivity index (χ2v) is 7.62. The van der Waals surface area contributed by atoms with Gasteiger partial charge in [0.05, 0.1) is 11.5 Å². The summed E-state index contributed by atoms with van der Waals surface area (Å²) in [6, 6.07) is 6.92. The van der Waals surface area contributed by atoms with Gasteiger partial charge in [0.2, 0.25) is 10.0 Å². The lowest BCUT2D eigenvalue weighted by molar-refractivity contribution is 0.184. The highest BCUT2D eigenvalue weighted by atomic mass is 35.5. The topological polar surface area (TPSA) is 72.6 Å². The third-order valence-corrected chi connectivity index (χ3v) is 5.70. The molecule has 1 aliphatic heterocycles. The minimum atomic E-state index is -3.44. The number of methoxy groups -OCH3 is 1. The zero-order valence-corrected chi connectivity index (χ0v) is 14.0. The first kappa shape index (κ1) is 18.4. The van der Waals surface area contributed by atoms with E-state index in [0.29, 0.717) is 31.1 Å². The SMILES string of the molecule is COCc1cccc(S(=O)(=O)N2CCC(C)(CN)C2)c1.Cl. The van der Waals surface area contributed by atoms with E-state index in [-0.39, 0.29) is 17.8 Å². The van der Waals surface area contributed by atoms with E-state index < -0.39 is 10.0 Å². The van der Waals surface area contributed by atoms with Crippen LogP contribution < -0.4 is 5.73 Å². The van der Waals surface area contributed by atoms with Crippen molar-refractivity contribution in [3.63, 3.8) is 0 Å². The van der Waals surface area contributed by atoms with Crippen LogP contribution in [-0.4, -0.2) is 39.5 Å². The van der Waals surface area contributed by atoms with Gasteiger partial charge in [-0.05, 0) is 36.1 Å². The Morgan fingerprint density at radius 2 is 2.14 bits per heavy atom. The van der Waals surface area contributed by atoms with Gasteiger partial charge in [-0.15, -0.1) is 12.4 Å². The second kappa shape index (κ2) is 7.07. The molecule has 21 heavy (non-hydrogen) atoms. The molecule has 0 spiro atoms. The summed E-state index contributed by atoms with van der Waals surface area (Å²) in [5, 5.41) is 0. The van der Waals surface area contributed by atoms with E-state index >= 15 is 0 Å². The number of nitrogens with zero attached hydrogens (tertiary/aromatic N) is 1. The maximum Gasteiger partial charge on any atom is 0.243 e. The summed E-state index contributed by atoms with van der Waals surface area (Å²) >= 11 is 0. The Morgan fingerprint density at radius 3 is 2.71 bits per heavy atom. The summed E-state index contributed by atoms with van der Waals surface area (Å²) in [6.07, 6.45) is 0.806. The van der Waals surface area contributed by atoms with E-state index in [4.69, 9.17) is 10.5 Å². The first-order chi connectivity index (χ1) is 9.41. The monoisotopic (exact) mass is 334 g/mol. The minimum absolute atomic E-state index is 0. The van der Waals surface area contributed by atoms with Crippen molar-refractivity contribution in [2.45, 2.75) is 24.8 Å². The third kappa shape index (κ3) is 3.96. The van der Waals surface area contributed by atoms with Crippen LogP contribution in [0.15, 0.2) is 29.2 Å². The lowest BCUT2D eigenvalue weighted by Gasteiger charge is -2.22. The molecule has 0 aliphatic carbocycles. The van der Waals surface area contributed by atoms with Crippen molar-refractivity contribution in [3.8, 4) is 0 Å². The molecule has 1 heterocycles. The molecule has 1 unspecified atom stereocenters. The van der Waals surface area contributed by atoms with Crippen LogP contribution in [0.25, 0.3) is 0 Å². The zero-order valence-electron chi connectivity index (χ0n) is 12.4. The molecule has 0 amide bonds. The molecule has 2 N–H and O–H groups in total. The van der Waals surface area contributed by atoms with Crippen LogP contribution in [0, 0.1) is 5.41 Å². The molecular weight excluding hydrogens is 312 g/mol. The average molecular weight is 335 g/mol. The van der Waals surface area contributed by atoms with Gasteiger partial charge in [0.25, 0.3) is 0 Å². The van der Waals surface area contributed by atoms with Crippen molar-refractivity contribution in [2.75, 3.05) is 26.7 Å². The lowest BCUT2D eigenvalue weighted by Crippen LogP contribution is -2.34. The van der Waals surface area contributed by atoms with Crippen LogP contribution in [0.1, 0.15) is 18.9 Å². The maximum absolute atomic E-state index is 12.6. The third-order valence-electron chi connectivity index (χ3n) is 3.86. The summed E-state index contributed by atoms with van der Waals surface area (Å²) in [4.78, 5) is 0.327. The number of nitrogens with two attached hydrogens (primary N) is 1. The highest BCUT2D eigenvalue weighted by molar-refractivity contribution is 7.89. The van der Waals surface area contributed by atoms with E-state index in [0.717, 1.165) is 12.0 Å². The van der Waals surface area contributed by atoms with Gasteiger partial charge < -0.3 is 10.5 Å². The van der Waals surface area contributed by atoms with Crippen LogP contribution in [0.2, 0.25) is 0 Å². The van der Waals surface area contributed by atoms with Crippen LogP contribution in [0.5, 0.6) is 0 Å². The second-order valence-electron chi connectivity index (χ2n) is 5.68. The van der Waals surface area contributed by atoms with Crippen molar-refractivity contribution in [1.29, 1.82) is 0 Å². The molecule has 1 aromatic rings. The molecule has 1 aromatic carbocycles. The fraction of sp³-hybridized carbons (Fsp3) is 0.571. The predicted molar refractivity (Wildman–Crippen MR) is 84.9 cm³/mol. The molecule has 2 rings (SSSR count). The number of sulfonamides is 1. The van der Waals surface area contributed by atoms with E-state index in [1.54, 1.807) is 25.3 Å². The van der Waals surface area contributed by atoms with Crippen molar-refractivity contribution in [3.05, 3.63) is 29.8 Å². The summed E-state index contributed by atoms with van der Waals surface area (Å²) in [5.74, 6) is 0. The first-order valence-corrected chi connectivity index (χ1v) is 8.13. The Morgan fingerprint density at radius 1 is 1.43 bits per heavy atom. The van der Waals surface area contributed by atoms with Gasteiger partial charge in [-0.3, -0.25) is 0 Å². The summed E-state index contributed by atoms with van der Waals surface area (Å²) < 4.78 is 31.9. The normalized spacial score (nSPS) is 23.0. The quantitative estimate of drug-likeness (QED) is 0.888. The number of hydrogen-bond donors (Lipinski definition) is 1. The fourth-order valence-corrected chi connectivity index (χ4v) is 4.12. The molecule has 1 fully saturated rings. The number of halogens is 1. The van der Waals surface area contributed by atoms with Gasteiger partial charge in [0.1, 0.15) is 0 Å². The van der Waals surface area contributed by atoms with Crippen LogP contribution in [0.3, 0.4) is 0 Å². The van der Waals surface area contributed by atoms with Gasteiger partial charge >= 0.3 is 0 Å². The maximum atomic E-state index is 12.6. The Kier molecular flexibility index (Phi) is 6.19. The minimum Gasteiger partial charge on any atom is -0.380 e. The lowest BCUT2D eigenvalue weighted by atomic mass is 9.90. The molecule has 5 nitrogen and oxygen atoms in total. The van der Waals surface area contributed by atoms with Crippen molar-refractivity contribution < 1.29 is 13.2 Å². The number of ether oxygens (including phenoxy) is 1. The van der Waals surface area contributed by atoms with E-state index in [9.17, 15) is 8.42 Å². The van der Waals surface area contributed by atoms with Crippen LogP contribution >= 0.6 is 12.4 Å². The van der Waals surface area contributed by atoms with Crippen molar-refractivity contribution in [1.82, 2.24) is 4.31 Å². The molecule has 0 saturated carbocycles. The number of benzene rings is 1. The van der Waals surface area contributed by atoms with E-state index in [1.165, 1.54) is 4.31 Å². The van der Waals surface area contributed by atoms with Gasteiger partial charge in [-0.2, -0.15) is 4.31 Å². The van der Waals surface area contributed by atoms with Crippen LogP contribution in [0.4, 0.5) is 0 Å². The van der Waals surface area contributed by atoms with Crippen molar-refractivity contribution in [2.24, 2.45) is 11.1 Å². The van der Waals surface area contributed by atoms with Gasteiger partial charge in [-0.1, -0.05) is 19.1 Å². The number of hydrogen-bond acceptors (Lipinski definition) is 4. The Hall–Kier alpha value is -0.660. The van der Waals surface area contributed by atoms with Crippen molar-refractivity contribution >= 4 is 22.4 Å². The van der Waals surface area contributed by atoms with E-state index in [1.807, 2.05) is 13.0 Å². The summed E-state index contributed by atoms with van der Waals surface area (Å²) in [5.41, 5.74) is 6.48. The molecule has 1 atom stereocenters. The Bertz CT molecular complexity index is 579. The Labute approximate surface area is 132 Å². The molecule has 7 heteroatoms. The molecular formula is C14H23ClN2O3S. The van der Waals surface area contributed by atoms with E-state index in [2.05, 4.69) is 0 Å². The summed E-state index contributed by atoms with van der Waals surface area (Å²) in [7, 11) is -1.85. The van der Waals surface area contributed by atoms with Gasteiger partial charge in [0.15, 0.2) is 0 Å². The standard InChI is InChI=1S/C14H22N2O3S.ClH/c1-14(10-15)6-7-16(11-14)20(17,18)13-5-3-4-12(8-13)9-19-2;/h3-5,8H,6-7,9-11,15H2,1-2H3;1H. The van der Waals surface area contributed by atoms with Gasteiger partial charge in [-0.25, -0.2) is 8.42 Å². The predicted octanol–water partition coefficient (Wildman–Crippen LogP) is 1.61. The smallest absolute Gasteiger partial charge is 0.243 e. The highest BCUT2D eigenvalue weighted by Crippen LogP contribution is 2.32. The molecule has 0 bridgehead atoms.